The van der Waals surface area contributed by atoms with E-state index in [-0.39, 0.29) is 24.1 Å². The molecule has 4 heterocycles. The topological polar surface area (TPSA) is 79.4 Å². The van der Waals surface area contributed by atoms with Gasteiger partial charge in [0.2, 0.25) is 5.91 Å². The normalized spacial score (nSPS) is 24.4. The fourth-order valence-electron chi connectivity index (χ4n) is 3.30. The molecular weight excluding hydrogens is 338 g/mol. The van der Waals surface area contributed by atoms with Gasteiger partial charge < -0.3 is 9.64 Å². The number of likely N-dealkylation sites (tertiary alicyclic amines) is 1. The van der Waals surface area contributed by atoms with Crippen LogP contribution in [0.2, 0.25) is 0 Å². The molecule has 132 valence electrons. The van der Waals surface area contributed by atoms with Crippen LogP contribution in [0.25, 0.3) is 0 Å². The van der Waals surface area contributed by atoms with Gasteiger partial charge in [-0.2, -0.15) is 0 Å². The second kappa shape index (κ2) is 7.47. The maximum absolute atomic E-state index is 12.7. The molecule has 2 aromatic rings. The molecule has 8 heteroatoms. The number of rotatable bonds is 4. The van der Waals surface area contributed by atoms with Crippen LogP contribution in [0.1, 0.15) is 30.2 Å². The Bertz CT molecular complexity index is 688. The van der Waals surface area contributed by atoms with Gasteiger partial charge in [0.05, 0.1) is 6.04 Å². The van der Waals surface area contributed by atoms with E-state index in [2.05, 4.69) is 32.3 Å². The standard InChI is InChI=1S/C17H21N5O2S/c23-16(14-11-13(20-21-14)15-3-1-10-25-15)22-8-4-12(5-9-22)24-17-18-6-2-7-19-17/h1-3,6-7,10,12-14,20-21H,4-5,8-9,11H2. The SMILES string of the molecule is O=C(C1CC(c2cccs2)NN1)N1CCC(Oc2ncccn2)CC1. The van der Waals surface area contributed by atoms with Crippen molar-refractivity contribution >= 4 is 17.2 Å². The zero-order valence-electron chi connectivity index (χ0n) is 13.8. The van der Waals surface area contributed by atoms with Gasteiger partial charge in [0, 0.05) is 43.2 Å². The van der Waals surface area contributed by atoms with Crippen molar-refractivity contribution in [3.8, 4) is 6.01 Å². The van der Waals surface area contributed by atoms with Gasteiger partial charge in [-0.3, -0.25) is 4.79 Å². The first-order chi connectivity index (χ1) is 12.3. The third-order valence-electron chi connectivity index (χ3n) is 4.66. The summed E-state index contributed by atoms with van der Waals surface area (Å²) in [4.78, 5) is 24.1. The minimum absolute atomic E-state index is 0.0694. The first-order valence-corrected chi connectivity index (χ1v) is 9.44. The highest BCUT2D eigenvalue weighted by Crippen LogP contribution is 2.27. The van der Waals surface area contributed by atoms with Gasteiger partial charge in [-0.1, -0.05) is 6.07 Å². The summed E-state index contributed by atoms with van der Waals surface area (Å²) in [6.07, 6.45) is 5.80. The fraction of sp³-hybridized carbons (Fsp3) is 0.471. The number of carbonyl (C=O) groups is 1. The first-order valence-electron chi connectivity index (χ1n) is 8.56. The molecule has 0 aliphatic carbocycles. The number of carbonyl (C=O) groups excluding carboxylic acids is 1. The third kappa shape index (κ3) is 3.81. The van der Waals surface area contributed by atoms with Gasteiger partial charge in [0.1, 0.15) is 12.1 Å². The molecule has 25 heavy (non-hydrogen) atoms. The summed E-state index contributed by atoms with van der Waals surface area (Å²) in [5.41, 5.74) is 6.40. The summed E-state index contributed by atoms with van der Waals surface area (Å²) in [6, 6.07) is 6.36. The number of aromatic nitrogens is 2. The highest BCUT2D eigenvalue weighted by Gasteiger charge is 2.35. The molecule has 2 atom stereocenters. The molecule has 0 radical (unpaired) electrons. The van der Waals surface area contributed by atoms with Gasteiger partial charge in [0.25, 0.3) is 0 Å². The van der Waals surface area contributed by atoms with Crippen LogP contribution in [-0.2, 0) is 4.79 Å². The average molecular weight is 359 g/mol. The van der Waals surface area contributed by atoms with Gasteiger partial charge in [-0.15, -0.1) is 11.3 Å². The van der Waals surface area contributed by atoms with E-state index in [0.29, 0.717) is 19.1 Å². The zero-order chi connectivity index (χ0) is 17.1. The Morgan fingerprint density at radius 1 is 1.20 bits per heavy atom. The molecular formula is C17H21N5O2S. The molecule has 0 aromatic carbocycles. The van der Waals surface area contributed by atoms with Crippen LogP contribution in [-0.4, -0.2) is 46.0 Å². The molecule has 4 rings (SSSR count). The van der Waals surface area contributed by atoms with Gasteiger partial charge in [0.15, 0.2) is 0 Å². The number of piperidine rings is 1. The molecule has 2 aromatic heterocycles. The molecule has 2 unspecified atom stereocenters. The number of hydrogen-bond acceptors (Lipinski definition) is 7. The molecule has 7 nitrogen and oxygen atoms in total. The van der Waals surface area contributed by atoms with Crippen molar-refractivity contribution in [1.82, 2.24) is 25.7 Å². The Kier molecular flexibility index (Phi) is 4.91. The van der Waals surface area contributed by atoms with Crippen LogP contribution >= 0.6 is 11.3 Å². The Morgan fingerprint density at radius 3 is 2.72 bits per heavy atom. The lowest BCUT2D eigenvalue weighted by Crippen LogP contribution is -2.49. The molecule has 2 fully saturated rings. The van der Waals surface area contributed by atoms with E-state index in [1.807, 2.05) is 11.0 Å². The predicted octanol–water partition coefficient (Wildman–Crippen LogP) is 1.52. The summed E-state index contributed by atoms with van der Waals surface area (Å²) in [5, 5.41) is 2.06. The van der Waals surface area contributed by atoms with Crippen LogP contribution < -0.4 is 15.6 Å². The Morgan fingerprint density at radius 2 is 2.00 bits per heavy atom. The Hall–Kier alpha value is -2.03. The quantitative estimate of drug-likeness (QED) is 0.862. The Balaban J connectivity index is 1.27. The maximum atomic E-state index is 12.7. The van der Waals surface area contributed by atoms with Crippen molar-refractivity contribution in [2.24, 2.45) is 0 Å². The minimum atomic E-state index is -0.165. The molecule has 2 N–H and O–H groups in total. The molecule has 0 saturated carbocycles. The summed E-state index contributed by atoms with van der Waals surface area (Å²) < 4.78 is 5.79. The van der Waals surface area contributed by atoms with Gasteiger partial charge >= 0.3 is 6.01 Å². The number of thiophene rings is 1. The molecule has 1 amide bonds. The second-order valence-corrected chi connectivity index (χ2v) is 7.30. The van der Waals surface area contributed by atoms with Crippen molar-refractivity contribution in [2.45, 2.75) is 37.5 Å². The van der Waals surface area contributed by atoms with E-state index in [4.69, 9.17) is 4.74 Å². The van der Waals surface area contributed by atoms with E-state index in [0.717, 1.165) is 19.3 Å². The number of ether oxygens (including phenoxy) is 1. The van der Waals surface area contributed by atoms with Crippen LogP contribution in [0.3, 0.4) is 0 Å². The number of hydrogen-bond donors (Lipinski definition) is 2. The smallest absolute Gasteiger partial charge is 0.316 e. The summed E-state index contributed by atoms with van der Waals surface area (Å²) in [7, 11) is 0. The summed E-state index contributed by atoms with van der Waals surface area (Å²) in [5.74, 6) is 0.168. The fourth-order valence-corrected chi connectivity index (χ4v) is 4.09. The first kappa shape index (κ1) is 16.4. The van der Waals surface area contributed by atoms with Crippen molar-refractivity contribution in [3.05, 3.63) is 40.8 Å². The molecule has 0 bridgehead atoms. The molecule has 2 aliphatic rings. The van der Waals surface area contributed by atoms with Crippen molar-refractivity contribution < 1.29 is 9.53 Å². The number of nitrogens with zero attached hydrogens (tertiary/aromatic N) is 3. The van der Waals surface area contributed by atoms with E-state index in [1.54, 1.807) is 29.8 Å². The lowest BCUT2D eigenvalue weighted by Gasteiger charge is -2.33. The number of amides is 1. The maximum Gasteiger partial charge on any atom is 0.316 e. The highest BCUT2D eigenvalue weighted by atomic mass is 32.1. The van der Waals surface area contributed by atoms with Gasteiger partial charge in [-0.25, -0.2) is 20.8 Å². The van der Waals surface area contributed by atoms with Crippen LogP contribution in [0.4, 0.5) is 0 Å². The summed E-state index contributed by atoms with van der Waals surface area (Å²) >= 11 is 1.71. The van der Waals surface area contributed by atoms with Crippen molar-refractivity contribution in [1.29, 1.82) is 0 Å². The van der Waals surface area contributed by atoms with E-state index >= 15 is 0 Å². The lowest BCUT2D eigenvalue weighted by atomic mass is 10.0. The largest absolute Gasteiger partial charge is 0.460 e. The number of hydrazine groups is 1. The Labute approximate surface area is 150 Å². The highest BCUT2D eigenvalue weighted by molar-refractivity contribution is 7.10. The van der Waals surface area contributed by atoms with Crippen LogP contribution in [0, 0.1) is 0 Å². The molecule has 2 saturated heterocycles. The predicted molar refractivity (Wildman–Crippen MR) is 94.0 cm³/mol. The zero-order valence-corrected chi connectivity index (χ0v) is 14.6. The van der Waals surface area contributed by atoms with E-state index in [9.17, 15) is 4.79 Å². The molecule has 2 aliphatic heterocycles. The number of nitrogens with one attached hydrogen (secondary N) is 2. The third-order valence-corrected chi connectivity index (χ3v) is 5.64. The van der Waals surface area contributed by atoms with Crippen molar-refractivity contribution in [2.75, 3.05) is 13.1 Å². The lowest BCUT2D eigenvalue weighted by molar-refractivity contribution is -0.135. The van der Waals surface area contributed by atoms with Gasteiger partial charge in [-0.05, 0) is 23.9 Å². The minimum Gasteiger partial charge on any atom is -0.460 e. The van der Waals surface area contributed by atoms with E-state index < -0.39 is 0 Å². The van der Waals surface area contributed by atoms with Crippen LogP contribution in [0.5, 0.6) is 6.01 Å². The monoisotopic (exact) mass is 359 g/mol. The van der Waals surface area contributed by atoms with Crippen LogP contribution in [0.15, 0.2) is 36.0 Å². The van der Waals surface area contributed by atoms with E-state index in [1.165, 1.54) is 4.88 Å². The summed E-state index contributed by atoms with van der Waals surface area (Å²) in [6.45, 7) is 1.41. The second-order valence-electron chi connectivity index (χ2n) is 6.32. The average Bonchev–Trinajstić information content (AvgIpc) is 3.34. The molecule has 0 spiro atoms. The van der Waals surface area contributed by atoms with Crippen molar-refractivity contribution in [3.63, 3.8) is 0 Å².